The number of nitrogens with zero attached hydrogens (tertiary/aromatic N) is 1. The molecule has 2 rings (SSSR count). The molecule has 0 bridgehead atoms. The van der Waals surface area contributed by atoms with E-state index in [0.717, 1.165) is 5.56 Å². The fourth-order valence-corrected chi connectivity index (χ4v) is 4.12. The largest absolute Gasteiger partial charge is 0.214 e. The standard InChI is InChI=1S/C13H19NO2S/c1-4-17(15,16)14-10-13(2,3)12(14)11-8-6-5-7-9-11/h5-9,12H,4,10H2,1-3H3/t12-/m1/s1. The Morgan fingerprint density at radius 2 is 1.88 bits per heavy atom. The van der Waals surface area contributed by atoms with Gasteiger partial charge in [-0.1, -0.05) is 44.2 Å². The van der Waals surface area contributed by atoms with Crippen molar-refractivity contribution < 1.29 is 8.42 Å². The van der Waals surface area contributed by atoms with Crippen LogP contribution < -0.4 is 0 Å². The summed E-state index contributed by atoms with van der Waals surface area (Å²) in [5.41, 5.74) is 1.10. The first-order chi connectivity index (χ1) is 7.88. The zero-order chi connectivity index (χ0) is 12.7. The highest BCUT2D eigenvalue weighted by atomic mass is 32.2. The summed E-state index contributed by atoms with van der Waals surface area (Å²) in [6, 6.07) is 9.86. The monoisotopic (exact) mass is 253 g/mol. The number of hydrogen-bond acceptors (Lipinski definition) is 2. The molecule has 1 aliphatic heterocycles. The van der Waals surface area contributed by atoms with Crippen LogP contribution in [0.4, 0.5) is 0 Å². The smallest absolute Gasteiger partial charge is 0.212 e. The molecule has 0 amide bonds. The molecule has 0 saturated carbocycles. The second kappa shape index (κ2) is 4.10. The third-order valence-corrected chi connectivity index (χ3v) is 5.21. The SMILES string of the molecule is CCS(=O)(=O)N1CC(C)(C)[C@H]1c1ccccc1. The van der Waals surface area contributed by atoms with Crippen LogP contribution in [-0.4, -0.2) is 25.0 Å². The summed E-state index contributed by atoms with van der Waals surface area (Å²) < 4.78 is 25.6. The second-order valence-electron chi connectivity index (χ2n) is 5.25. The minimum absolute atomic E-state index is 0.0175. The van der Waals surface area contributed by atoms with Crippen LogP contribution in [0.25, 0.3) is 0 Å². The molecule has 0 radical (unpaired) electrons. The summed E-state index contributed by atoms with van der Waals surface area (Å²) in [5, 5.41) is 0. The van der Waals surface area contributed by atoms with Gasteiger partial charge < -0.3 is 0 Å². The molecule has 1 aromatic carbocycles. The van der Waals surface area contributed by atoms with Crippen LogP contribution in [0.5, 0.6) is 0 Å². The van der Waals surface area contributed by atoms with Crippen LogP contribution in [0.15, 0.2) is 30.3 Å². The van der Waals surface area contributed by atoms with Crippen molar-refractivity contribution in [1.82, 2.24) is 4.31 Å². The van der Waals surface area contributed by atoms with Crippen LogP contribution in [0.2, 0.25) is 0 Å². The summed E-state index contributed by atoms with van der Waals surface area (Å²) in [6.07, 6.45) is 0. The summed E-state index contributed by atoms with van der Waals surface area (Å²) in [5.74, 6) is 0.173. The van der Waals surface area contributed by atoms with E-state index in [1.165, 1.54) is 0 Å². The van der Waals surface area contributed by atoms with E-state index in [4.69, 9.17) is 0 Å². The molecule has 1 fully saturated rings. The predicted molar refractivity (Wildman–Crippen MR) is 69.1 cm³/mol. The maximum atomic E-state index is 12.0. The third kappa shape index (κ3) is 2.11. The second-order valence-corrected chi connectivity index (χ2v) is 7.46. The summed E-state index contributed by atoms with van der Waals surface area (Å²) in [7, 11) is -3.10. The fraction of sp³-hybridized carbons (Fsp3) is 0.538. The maximum absolute atomic E-state index is 12.0. The number of hydrogen-bond donors (Lipinski definition) is 0. The van der Waals surface area contributed by atoms with Gasteiger partial charge >= 0.3 is 0 Å². The van der Waals surface area contributed by atoms with Crippen LogP contribution in [0, 0.1) is 5.41 Å². The lowest BCUT2D eigenvalue weighted by Crippen LogP contribution is -2.58. The first-order valence-electron chi connectivity index (χ1n) is 5.93. The van der Waals surface area contributed by atoms with E-state index in [1.807, 2.05) is 30.3 Å². The Morgan fingerprint density at radius 1 is 1.29 bits per heavy atom. The van der Waals surface area contributed by atoms with Gasteiger partial charge in [0.2, 0.25) is 10.0 Å². The van der Waals surface area contributed by atoms with Crippen molar-refractivity contribution in [2.45, 2.75) is 26.8 Å². The Hall–Kier alpha value is -0.870. The molecule has 0 spiro atoms. The molecule has 0 aromatic heterocycles. The van der Waals surface area contributed by atoms with E-state index in [1.54, 1.807) is 11.2 Å². The minimum Gasteiger partial charge on any atom is -0.212 e. The number of sulfonamides is 1. The molecule has 1 saturated heterocycles. The molecule has 1 atom stereocenters. The van der Waals surface area contributed by atoms with Crippen molar-refractivity contribution in [2.24, 2.45) is 5.41 Å². The van der Waals surface area contributed by atoms with Crippen LogP contribution in [0.3, 0.4) is 0 Å². The molecule has 0 N–H and O–H groups in total. The number of rotatable bonds is 3. The van der Waals surface area contributed by atoms with Crippen LogP contribution >= 0.6 is 0 Å². The first-order valence-corrected chi connectivity index (χ1v) is 7.54. The molecule has 0 unspecified atom stereocenters. The average molecular weight is 253 g/mol. The lowest BCUT2D eigenvalue weighted by atomic mass is 9.74. The normalized spacial score (nSPS) is 24.3. The lowest BCUT2D eigenvalue weighted by Gasteiger charge is -2.53. The van der Waals surface area contributed by atoms with E-state index in [2.05, 4.69) is 13.8 Å². The molecule has 94 valence electrons. The van der Waals surface area contributed by atoms with Gasteiger partial charge in [-0.05, 0) is 17.9 Å². The van der Waals surface area contributed by atoms with Gasteiger partial charge in [0.25, 0.3) is 0 Å². The van der Waals surface area contributed by atoms with Crippen LogP contribution in [0.1, 0.15) is 32.4 Å². The quantitative estimate of drug-likeness (QED) is 0.829. The van der Waals surface area contributed by atoms with Crippen molar-refractivity contribution in [1.29, 1.82) is 0 Å². The molecular weight excluding hydrogens is 234 g/mol. The lowest BCUT2D eigenvalue weighted by molar-refractivity contribution is 0.0199. The predicted octanol–water partition coefficient (Wildman–Crippen LogP) is 2.42. The molecule has 1 heterocycles. The highest BCUT2D eigenvalue weighted by Crippen LogP contribution is 2.49. The van der Waals surface area contributed by atoms with E-state index in [-0.39, 0.29) is 17.2 Å². The van der Waals surface area contributed by atoms with Gasteiger partial charge in [-0.2, -0.15) is 4.31 Å². The van der Waals surface area contributed by atoms with Crippen molar-refractivity contribution in [3.63, 3.8) is 0 Å². The Balaban J connectivity index is 2.36. The molecule has 4 heteroatoms. The fourth-order valence-electron chi connectivity index (χ4n) is 2.53. The topological polar surface area (TPSA) is 37.4 Å². The van der Waals surface area contributed by atoms with E-state index in [0.29, 0.717) is 6.54 Å². The van der Waals surface area contributed by atoms with Crippen molar-refractivity contribution in [2.75, 3.05) is 12.3 Å². The zero-order valence-corrected chi connectivity index (χ0v) is 11.4. The Labute approximate surface area is 104 Å². The molecule has 1 aromatic rings. The van der Waals surface area contributed by atoms with Gasteiger partial charge in [0.05, 0.1) is 11.8 Å². The van der Waals surface area contributed by atoms with E-state index >= 15 is 0 Å². The Morgan fingerprint density at radius 3 is 2.35 bits per heavy atom. The van der Waals surface area contributed by atoms with E-state index in [9.17, 15) is 8.42 Å². The highest BCUT2D eigenvalue weighted by Gasteiger charge is 2.51. The van der Waals surface area contributed by atoms with Gasteiger partial charge in [0, 0.05) is 6.54 Å². The summed E-state index contributed by atoms with van der Waals surface area (Å²) in [6.45, 7) is 6.55. The van der Waals surface area contributed by atoms with Gasteiger partial charge in [-0.25, -0.2) is 8.42 Å². The van der Waals surface area contributed by atoms with Crippen molar-refractivity contribution in [3.05, 3.63) is 35.9 Å². The third-order valence-electron chi connectivity index (χ3n) is 3.43. The molecule has 1 aliphatic rings. The van der Waals surface area contributed by atoms with Crippen molar-refractivity contribution >= 4 is 10.0 Å². The van der Waals surface area contributed by atoms with Gasteiger partial charge in [0.15, 0.2) is 0 Å². The summed E-state index contributed by atoms with van der Waals surface area (Å²) >= 11 is 0. The molecule has 0 aliphatic carbocycles. The van der Waals surface area contributed by atoms with E-state index < -0.39 is 10.0 Å². The Kier molecular flexibility index (Phi) is 3.04. The van der Waals surface area contributed by atoms with Crippen molar-refractivity contribution in [3.8, 4) is 0 Å². The minimum atomic E-state index is -3.10. The molecule has 3 nitrogen and oxygen atoms in total. The molecular formula is C13H19NO2S. The zero-order valence-electron chi connectivity index (χ0n) is 10.6. The van der Waals surface area contributed by atoms with Gasteiger partial charge in [-0.15, -0.1) is 0 Å². The highest BCUT2D eigenvalue weighted by molar-refractivity contribution is 7.89. The summed E-state index contributed by atoms with van der Waals surface area (Å²) in [4.78, 5) is 0. The number of benzene rings is 1. The molecule has 17 heavy (non-hydrogen) atoms. The maximum Gasteiger partial charge on any atom is 0.214 e. The average Bonchev–Trinajstić information content (AvgIpc) is 2.28. The first kappa shape index (κ1) is 12.6. The Bertz CT molecular complexity index is 493. The van der Waals surface area contributed by atoms with Gasteiger partial charge in [0.1, 0.15) is 0 Å². The van der Waals surface area contributed by atoms with Crippen LogP contribution in [-0.2, 0) is 10.0 Å². The van der Waals surface area contributed by atoms with Gasteiger partial charge in [-0.3, -0.25) is 0 Å².